The van der Waals surface area contributed by atoms with Crippen LogP contribution in [-0.4, -0.2) is 11.5 Å². The lowest BCUT2D eigenvalue weighted by atomic mass is 9.83. The van der Waals surface area contributed by atoms with E-state index in [9.17, 15) is 0 Å². The molecule has 1 aromatic carbocycles. The molecule has 0 amide bonds. The van der Waals surface area contributed by atoms with Gasteiger partial charge in [0.2, 0.25) is 0 Å². The number of benzene rings is 1. The zero-order chi connectivity index (χ0) is 13.3. The maximum Gasteiger partial charge on any atom is 0.295 e. The SMILES string of the molecule is CCC1(CNc2nc3cc(N)ccc3o2)CCCC1. The smallest absolute Gasteiger partial charge is 0.295 e. The fourth-order valence-corrected chi connectivity index (χ4v) is 3.06. The zero-order valence-electron chi connectivity index (χ0n) is 11.4. The van der Waals surface area contributed by atoms with Crippen molar-refractivity contribution in [3.05, 3.63) is 18.2 Å². The number of rotatable bonds is 4. The Morgan fingerprint density at radius 2 is 2.16 bits per heavy atom. The first-order valence-electron chi connectivity index (χ1n) is 7.11. The van der Waals surface area contributed by atoms with E-state index in [-0.39, 0.29) is 0 Å². The highest BCUT2D eigenvalue weighted by molar-refractivity contribution is 5.78. The van der Waals surface area contributed by atoms with Gasteiger partial charge in [0.05, 0.1) is 0 Å². The third-order valence-electron chi connectivity index (χ3n) is 4.44. The molecule has 3 rings (SSSR count). The van der Waals surface area contributed by atoms with Crippen LogP contribution in [-0.2, 0) is 0 Å². The van der Waals surface area contributed by atoms with Crippen LogP contribution in [0.1, 0.15) is 39.0 Å². The summed E-state index contributed by atoms with van der Waals surface area (Å²) in [6, 6.07) is 6.16. The number of fused-ring (bicyclic) bond motifs is 1. The van der Waals surface area contributed by atoms with Crippen molar-refractivity contribution in [3.63, 3.8) is 0 Å². The largest absolute Gasteiger partial charge is 0.424 e. The van der Waals surface area contributed by atoms with Crippen LogP contribution >= 0.6 is 0 Å². The van der Waals surface area contributed by atoms with Crippen molar-refractivity contribution < 1.29 is 4.42 Å². The van der Waals surface area contributed by atoms with Crippen LogP contribution < -0.4 is 11.1 Å². The maximum absolute atomic E-state index is 5.75. The fourth-order valence-electron chi connectivity index (χ4n) is 3.06. The molecule has 3 N–H and O–H groups in total. The first kappa shape index (κ1) is 12.3. The van der Waals surface area contributed by atoms with Crippen molar-refractivity contribution in [2.75, 3.05) is 17.6 Å². The molecule has 0 spiro atoms. The summed E-state index contributed by atoms with van der Waals surface area (Å²) in [5.74, 6) is 0. The molecule has 1 aliphatic rings. The van der Waals surface area contributed by atoms with E-state index in [0.717, 1.165) is 17.6 Å². The molecule has 19 heavy (non-hydrogen) atoms. The summed E-state index contributed by atoms with van der Waals surface area (Å²) in [6.07, 6.45) is 6.53. The van der Waals surface area contributed by atoms with Crippen LogP contribution in [0.4, 0.5) is 11.7 Å². The zero-order valence-corrected chi connectivity index (χ0v) is 11.4. The minimum atomic E-state index is 0.430. The molecule has 0 saturated heterocycles. The van der Waals surface area contributed by atoms with E-state index in [1.807, 2.05) is 18.2 Å². The summed E-state index contributed by atoms with van der Waals surface area (Å²) in [7, 11) is 0. The Morgan fingerprint density at radius 1 is 1.37 bits per heavy atom. The number of anilines is 2. The third kappa shape index (κ3) is 2.39. The van der Waals surface area contributed by atoms with Crippen molar-refractivity contribution in [1.82, 2.24) is 4.98 Å². The quantitative estimate of drug-likeness (QED) is 0.820. The normalized spacial score (nSPS) is 17.9. The lowest BCUT2D eigenvalue weighted by Crippen LogP contribution is -2.25. The Morgan fingerprint density at radius 3 is 2.89 bits per heavy atom. The van der Waals surface area contributed by atoms with Gasteiger partial charge < -0.3 is 15.5 Å². The van der Waals surface area contributed by atoms with Crippen LogP contribution in [0.5, 0.6) is 0 Å². The highest BCUT2D eigenvalue weighted by Gasteiger charge is 2.32. The number of nitrogens with one attached hydrogen (secondary N) is 1. The van der Waals surface area contributed by atoms with Crippen LogP contribution in [0, 0.1) is 5.41 Å². The average Bonchev–Trinajstić information content (AvgIpc) is 3.02. The Balaban J connectivity index is 1.74. The van der Waals surface area contributed by atoms with Gasteiger partial charge in [-0.25, -0.2) is 0 Å². The minimum absolute atomic E-state index is 0.430. The number of hydrogen-bond donors (Lipinski definition) is 2. The van der Waals surface area contributed by atoms with E-state index in [2.05, 4.69) is 17.2 Å². The van der Waals surface area contributed by atoms with Gasteiger partial charge in [-0.3, -0.25) is 0 Å². The number of oxazole rings is 1. The van der Waals surface area contributed by atoms with Gasteiger partial charge in [-0.15, -0.1) is 0 Å². The monoisotopic (exact) mass is 259 g/mol. The molecule has 4 nitrogen and oxygen atoms in total. The Bertz CT molecular complexity index is 570. The molecule has 4 heteroatoms. The first-order chi connectivity index (χ1) is 9.21. The van der Waals surface area contributed by atoms with Crippen molar-refractivity contribution in [2.45, 2.75) is 39.0 Å². The molecule has 102 valence electrons. The average molecular weight is 259 g/mol. The van der Waals surface area contributed by atoms with Crippen LogP contribution in [0.2, 0.25) is 0 Å². The van der Waals surface area contributed by atoms with E-state index >= 15 is 0 Å². The molecular formula is C15H21N3O. The van der Waals surface area contributed by atoms with Gasteiger partial charge >= 0.3 is 0 Å². The summed E-state index contributed by atoms with van der Waals surface area (Å²) in [5, 5.41) is 3.37. The van der Waals surface area contributed by atoms with Crippen molar-refractivity contribution in [3.8, 4) is 0 Å². The molecule has 2 aromatic rings. The van der Waals surface area contributed by atoms with Crippen molar-refractivity contribution in [1.29, 1.82) is 0 Å². The number of nitrogens with zero attached hydrogens (tertiary/aromatic N) is 1. The lowest BCUT2D eigenvalue weighted by Gasteiger charge is -2.27. The van der Waals surface area contributed by atoms with Crippen LogP contribution in [0.3, 0.4) is 0 Å². The van der Waals surface area contributed by atoms with Gasteiger partial charge in [0, 0.05) is 12.2 Å². The summed E-state index contributed by atoms with van der Waals surface area (Å²) in [4.78, 5) is 4.44. The number of aromatic nitrogens is 1. The molecule has 0 radical (unpaired) electrons. The van der Waals surface area contributed by atoms with E-state index in [0.29, 0.717) is 17.1 Å². The van der Waals surface area contributed by atoms with Gasteiger partial charge in [0.1, 0.15) is 5.52 Å². The summed E-state index contributed by atoms with van der Waals surface area (Å²) < 4.78 is 5.69. The second kappa shape index (κ2) is 4.76. The summed E-state index contributed by atoms with van der Waals surface area (Å²) in [6.45, 7) is 3.23. The Hall–Kier alpha value is -1.71. The number of hydrogen-bond acceptors (Lipinski definition) is 4. The molecule has 1 aliphatic carbocycles. The highest BCUT2D eigenvalue weighted by Crippen LogP contribution is 2.41. The Kier molecular flexibility index (Phi) is 3.09. The minimum Gasteiger partial charge on any atom is -0.424 e. The van der Waals surface area contributed by atoms with Crippen LogP contribution in [0.25, 0.3) is 11.1 Å². The predicted molar refractivity (Wildman–Crippen MR) is 78.1 cm³/mol. The van der Waals surface area contributed by atoms with Gasteiger partial charge in [-0.1, -0.05) is 19.8 Å². The first-order valence-corrected chi connectivity index (χ1v) is 7.11. The standard InChI is InChI=1S/C15H21N3O/c1-2-15(7-3-4-8-15)10-17-14-18-12-9-11(16)5-6-13(12)19-14/h5-6,9H,2-4,7-8,10,16H2,1H3,(H,17,18). The van der Waals surface area contributed by atoms with Gasteiger partial charge in [0.15, 0.2) is 5.58 Å². The van der Waals surface area contributed by atoms with Crippen molar-refractivity contribution in [2.24, 2.45) is 5.41 Å². The van der Waals surface area contributed by atoms with E-state index < -0.39 is 0 Å². The summed E-state index contributed by atoms with van der Waals surface area (Å²) >= 11 is 0. The molecule has 0 bridgehead atoms. The molecule has 0 aliphatic heterocycles. The van der Waals surface area contributed by atoms with Crippen molar-refractivity contribution >= 4 is 22.8 Å². The number of nitrogens with two attached hydrogens (primary N) is 1. The molecule has 0 unspecified atom stereocenters. The maximum atomic E-state index is 5.75. The molecular weight excluding hydrogens is 238 g/mol. The predicted octanol–water partition coefficient (Wildman–Crippen LogP) is 3.79. The molecule has 1 saturated carbocycles. The second-order valence-corrected chi connectivity index (χ2v) is 5.66. The topological polar surface area (TPSA) is 64.1 Å². The molecule has 1 aromatic heterocycles. The van der Waals surface area contributed by atoms with E-state index in [4.69, 9.17) is 10.2 Å². The van der Waals surface area contributed by atoms with E-state index in [1.165, 1.54) is 32.1 Å². The fraction of sp³-hybridized carbons (Fsp3) is 0.533. The van der Waals surface area contributed by atoms with Gasteiger partial charge in [0.25, 0.3) is 6.01 Å². The molecule has 1 heterocycles. The summed E-state index contributed by atoms with van der Waals surface area (Å²) in [5.41, 5.74) is 8.50. The second-order valence-electron chi connectivity index (χ2n) is 5.66. The van der Waals surface area contributed by atoms with Gasteiger partial charge in [-0.05, 0) is 42.9 Å². The lowest BCUT2D eigenvalue weighted by molar-refractivity contribution is 0.304. The third-order valence-corrected chi connectivity index (χ3v) is 4.44. The molecule has 0 atom stereocenters. The van der Waals surface area contributed by atoms with E-state index in [1.54, 1.807) is 0 Å². The molecule has 1 fully saturated rings. The number of nitrogen functional groups attached to an aromatic ring is 1. The van der Waals surface area contributed by atoms with Gasteiger partial charge in [-0.2, -0.15) is 4.98 Å². The highest BCUT2D eigenvalue weighted by atomic mass is 16.4. The Labute approximate surface area is 113 Å². The van der Waals surface area contributed by atoms with Crippen LogP contribution in [0.15, 0.2) is 22.6 Å².